The molecule has 24 heavy (non-hydrogen) atoms. The van der Waals surface area contributed by atoms with E-state index in [0.29, 0.717) is 22.9 Å². The highest BCUT2D eigenvalue weighted by atomic mass is 16.3. The molecule has 0 radical (unpaired) electrons. The number of aliphatic hydroxyl groups excluding tert-OH is 1. The van der Waals surface area contributed by atoms with Gasteiger partial charge in [0, 0.05) is 18.6 Å². The maximum absolute atomic E-state index is 12.5. The van der Waals surface area contributed by atoms with Crippen LogP contribution >= 0.6 is 0 Å². The summed E-state index contributed by atoms with van der Waals surface area (Å²) in [7, 11) is 0. The van der Waals surface area contributed by atoms with Crippen LogP contribution in [0.4, 0.5) is 0 Å². The van der Waals surface area contributed by atoms with Crippen LogP contribution in [-0.2, 0) is 11.3 Å². The van der Waals surface area contributed by atoms with Crippen molar-refractivity contribution in [3.8, 4) is 0 Å². The molecule has 2 fully saturated rings. The lowest BCUT2D eigenvalue weighted by atomic mass is 9.85. The lowest BCUT2D eigenvalue weighted by Crippen LogP contribution is -2.47. The van der Waals surface area contributed by atoms with E-state index in [9.17, 15) is 14.7 Å². The van der Waals surface area contributed by atoms with E-state index in [1.807, 2.05) is 18.2 Å². The van der Waals surface area contributed by atoms with Gasteiger partial charge >= 0.3 is 0 Å². The van der Waals surface area contributed by atoms with Gasteiger partial charge in [-0.2, -0.15) is 0 Å². The predicted molar refractivity (Wildman–Crippen MR) is 89.3 cm³/mol. The number of rotatable bonds is 4. The average Bonchev–Trinajstić information content (AvgIpc) is 3.19. The van der Waals surface area contributed by atoms with Crippen molar-refractivity contribution in [3.63, 3.8) is 0 Å². The van der Waals surface area contributed by atoms with Crippen LogP contribution in [0.1, 0.15) is 19.3 Å². The van der Waals surface area contributed by atoms with Crippen molar-refractivity contribution in [3.05, 3.63) is 40.8 Å². The first-order chi connectivity index (χ1) is 11.7. The van der Waals surface area contributed by atoms with Crippen LogP contribution < -0.4 is 10.9 Å². The molecule has 4 rings (SSSR count). The Bertz CT molecular complexity index is 832. The van der Waals surface area contributed by atoms with Crippen LogP contribution in [0.3, 0.4) is 0 Å². The highest BCUT2D eigenvalue weighted by Gasteiger charge is 2.47. The number of benzene rings is 1. The Morgan fingerprint density at radius 3 is 2.92 bits per heavy atom. The molecule has 1 heterocycles. The molecule has 1 amide bonds. The first kappa shape index (κ1) is 15.3. The van der Waals surface area contributed by atoms with Gasteiger partial charge in [-0.3, -0.25) is 14.2 Å². The minimum absolute atomic E-state index is 0.0199. The van der Waals surface area contributed by atoms with Gasteiger partial charge in [0.05, 0.1) is 17.2 Å². The SMILES string of the molecule is O=C(Cn1c(=O)cnc2ccccc21)NC1C2CCC(C2)C1CO. The number of nitrogens with one attached hydrogen (secondary N) is 1. The largest absolute Gasteiger partial charge is 0.396 e. The number of carbonyl (C=O) groups is 1. The molecule has 2 N–H and O–H groups in total. The van der Waals surface area contributed by atoms with Gasteiger partial charge in [0.2, 0.25) is 5.91 Å². The van der Waals surface area contributed by atoms with Crippen molar-refractivity contribution >= 4 is 16.9 Å². The normalized spacial score (nSPS) is 28.4. The fourth-order valence-electron chi connectivity index (χ4n) is 4.55. The Morgan fingerprint density at radius 2 is 2.08 bits per heavy atom. The molecule has 126 valence electrons. The highest BCUT2D eigenvalue weighted by Crippen LogP contribution is 2.48. The van der Waals surface area contributed by atoms with Gasteiger partial charge in [0.25, 0.3) is 5.56 Å². The second-order valence-corrected chi connectivity index (χ2v) is 6.94. The molecular weight excluding hydrogens is 306 g/mol. The smallest absolute Gasteiger partial charge is 0.269 e. The van der Waals surface area contributed by atoms with Gasteiger partial charge in [0.1, 0.15) is 6.54 Å². The summed E-state index contributed by atoms with van der Waals surface area (Å²) in [6.07, 6.45) is 4.61. The van der Waals surface area contributed by atoms with Crippen LogP contribution in [0.2, 0.25) is 0 Å². The van der Waals surface area contributed by atoms with E-state index < -0.39 is 0 Å². The standard InChI is InChI=1S/C18H21N3O3/c22-10-13-11-5-6-12(7-11)18(13)20-16(23)9-21-15-4-2-1-3-14(15)19-8-17(21)24/h1-4,8,11-13,18,22H,5-7,9-10H2,(H,20,23). The van der Waals surface area contributed by atoms with E-state index in [1.165, 1.54) is 10.8 Å². The third-order valence-electron chi connectivity index (χ3n) is 5.68. The van der Waals surface area contributed by atoms with Crippen LogP contribution in [-0.4, -0.2) is 33.2 Å². The Hall–Kier alpha value is -2.21. The Labute approximate surface area is 139 Å². The number of hydrogen-bond acceptors (Lipinski definition) is 4. The topological polar surface area (TPSA) is 84.2 Å². The number of para-hydroxylation sites is 2. The molecule has 6 heteroatoms. The molecular formula is C18H21N3O3. The molecule has 2 aliphatic rings. The predicted octanol–water partition coefficient (Wildman–Crippen LogP) is 0.920. The van der Waals surface area contributed by atoms with Crippen LogP contribution in [0.5, 0.6) is 0 Å². The molecule has 2 bridgehead atoms. The van der Waals surface area contributed by atoms with Gasteiger partial charge in [-0.15, -0.1) is 0 Å². The van der Waals surface area contributed by atoms with E-state index in [-0.39, 0.29) is 36.6 Å². The van der Waals surface area contributed by atoms with Crippen molar-refractivity contribution in [1.82, 2.24) is 14.9 Å². The zero-order valence-corrected chi connectivity index (χ0v) is 13.4. The molecule has 1 aromatic carbocycles. The Balaban J connectivity index is 1.55. The summed E-state index contributed by atoms with van der Waals surface area (Å²) in [6.45, 7) is 0.0954. The lowest BCUT2D eigenvalue weighted by Gasteiger charge is -2.30. The maximum Gasteiger partial charge on any atom is 0.269 e. The third-order valence-corrected chi connectivity index (χ3v) is 5.68. The summed E-state index contributed by atoms with van der Waals surface area (Å²) in [6, 6.07) is 7.33. The van der Waals surface area contributed by atoms with Gasteiger partial charge in [-0.25, -0.2) is 4.98 Å². The summed E-state index contributed by atoms with van der Waals surface area (Å²) in [5.41, 5.74) is 1.07. The minimum Gasteiger partial charge on any atom is -0.396 e. The maximum atomic E-state index is 12.5. The highest BCUT2D eigenvalue weighted by molar-refractivity contribution is 5.80. The van der Waals surface area contributed by atoms with Gasteiger partial charge in [-0.1, -0.05) is 12.1 Å². The van der Waals surface area contributed by atoms with Crippen molar-refractivity contribution in [2.75, 3.05) is 6.61 Å². The number of hydrogen-bond donors (Lipinski definition) is 2. The molecule has 4 atom stereocenters. The zero-order valence-electron chi connectivity index (χ0n) is 13.4. The molecule has 2 saturated carbocycles. The van der Waals surface area contributed by atoms with Gasteiger partial charge in [0.15, 0.2) is 0 Å². The minimum atomic E-state index is -0.282. The molecule has 4 unspecified atom stereocenters. The summed E-state index contributed by atoms with van der Waals surface area (Å²) in [4.78, 5) is 28.8. The first-order valence-electron chi connectivity index (χ1n) is 8.52. The number of aromatic nitrogens is 2. The zero-order chi connectivity index (χ0) is 16.7. The van der Waals surface area contributed by atoms with Crippen molar-refractivity contribution in [2.24, 2.45) is 17.8 Å². The molecule has 6 nitrogen and oxygen atoms in total. The summed E-state index contributed by atoms with van der Waals surface area (Å²) in [5.74, 6) is 0.958. The van der Waals surface area contributed by atoms with E-state index in [0.717, 1.165) is 19.3 Å². The van der Waals surface area contributed by atoms with E-state index >= 15 is 0 Å². The number of amides is 1. The number of nitrogens with zero attached hydrogens (tertiary/aromatic N) is 2. The quantitative estimate of drug-likeness (QED) is 0.874. The van der Waals surface area contributed by atoms with Crippen molar-refractivity contribution in [2.45, 2.75) is 31.8 Å². The second-order valence-electron chi connectivity index (χ2n) is 6.94. The molecule has 0 saturated heterocycles. The first-order valence-corrected chi connectivity index (χ1v) is 8.52. The fourth-order valence-corrected chi connectivity index (χ4v) is 4.55. The Kier molecular flexibility index (Phi) is 3.84. The monoisotopic (exact) mass is 327 g/mol. The third kappa shape index (κ3) is 2.51. The van der Waals surface area contributed by atoms with Gasteiger partial charge < -0.3 is 10.4 Å². The number of fused-ring (bicyclic) bond motifs is 3. The Morgan fingerprint density at radius 1 is 1.29 bits per heavy atom. The number of aliphatic hydroxyl groups is 1. The lowest BCUT2D eigenvalue weighted by molar-refractivity contribution is -0.123. The van der Waals surface area contributed by atoms with E-state index in [2.05, 4.69) is 10.3 Å². The van der Waals surface area contributed by atoms with Crippen LogP contribution in [0.25, 0.3) is 11.0 Å². The summed E-state index contributed by atoms with van der Waals surface area (Å²) < 4.78 is 1.46. The molecule has 0 aliphatic heterocycles. The molecule has 0 spiro atoms. The van der Waals surface area contributed by atoms with Gasteiger partial charge in [-0.05, 0) is 43.2 Å². The van der Waals surface area contributed by atoms with E-state index in [4.69, 9.17) is 0 Å². The van der Waals surface area contributed by atoms with Crippen LogP contribution in [0, 0.1) is 17.8 Å². The van der Waals surface area contributed by atoms with Crippen LogP contribution in [0.15, 0.2) is 35.3 Å². The molecule has 2 aromatic rings. The second kappa shape index (κ2) is 6.02. The average molecular weight is 327 g/mol. The molecule has 2 aliphatic carbocycles. The fraction of sp³-hybridized carbons (Fsp3) is 0.500. The van der Waals surface area contributed by atoms with Crippen molar-refractivity contribution < 1.29 is 9.90 Å². The van der Waals surface area contributed by atoms with Crippen molar-refractivity contribution in [1.29, 1.82) is 0 Å². The summed E-state index contributed by atoms with van der Waals surface area (Å²) >= 11 is 0. The summed E-state index contributed by atoms with van der Waals surface area (Å²) in [5, 5.41) is 12.7. The number of carbonyl (C=O) groups excluding carboxylic acids is 1. The molecule has 1 aromatic heterocycles. The van der Waals surface area contributed by atoms with E-state index in [1.54, 1.807) is 6.07 Å².